The monoisotopic (exact) mass is 395 g/mol. The largest absolute Gasteiger partial charge is 0.487 e. The second-order valence-corrected chi connectivity index (χ2v) is 6.26. The summed E-state index contributed by atoms with van der Waals surface area (Å²) in [5.41, 5.74) is 0.278. The summed E-state index contributed by atoms with van der Waals surface area (Å²) in [6.07, 6.45) is 1.28. The molecule has 0 bridgehead atoms. The molecule has 0 unspecified atom stereocenters. The Hall–Kier alpha value is -2.65. The summed E-state index contributed by atoms with van der Waals surface area (Å²) in [7, 11) is 2.40. The predicted octanol–water partition coefficient (Wildman–Crippen LogP) is 1.78. The molecule has 8 nitrogen and oxygen atoms in total. The number of hydrogen-bond donors (Lipinski definition) is 0. The molecular weight excluding hydrogens is 373 g/mol. The molecule has 2 heterocycles. The molecule has 3 rings (SSSR count). The summed E-state index contributed by atoms with van der Waals surface area (Å²) >= 11 is 0. The molecule has 0 aromatic heterocycles. The Kier molecular flexibility index (Phi) is 6.48. The molecule has 0 N–H and O–H groups in total. The van der Waals surface area contributed by atoms with Gasteiger partial charge in [0.2, 0.25) is 0 Å². The maximum absolute atomic E-state index is 14.6. The maximum Gasteiger partial charge on any atom is 0.355 e. The van der Waals surface area contributed by atoms with E-state index in [2.05, 4.69) is 0 Å². The number of esters is 2. The first-order chi connectivity index (χ1) is 13.5. The van der Waals surface area contributed by atoms with Crippen molar-refractivity contribution in [1.82, 2.24) is 0 Å². The SMILES string of the molecule is COC(=O)C1=C(C(=O)OC)N(c2ccc(OC3CCOCC3)c(F)c2)COC1. The molecular formula is C19H22FNO7. The van der Waals surface area contributed by atoms with Crippen molar-refractivity contribution in [3.8, 4) is 5.75 Å². The Labute approximate surface area is 161 Å². The first-order valence-electron chi connectivity index (χ1n) is 8.84. The summed E-state index contributed by atoms with van der Waals surface area (Å²) in [5.74, 6) is -1.93. The summed E-state index contributed by atoms with van der Waals surface area (Å²) in [6, 6.07) is 4.30. The standard InChI is InChI=1S/C19H22FNO7/c1-24-18(22)14-10-27-11-21(17(14)19(23)25-2)12-3-4-16(15(20)9-12)28-13-5-7-26-8-6-13/h3-4,9,13H,5-8,10-11H2,1-2H3. The first kappa shape index (κ1) is 20.1. The Morgan fingerprint density at radius 2 is 1.82 bits per heavy atom. The van der Waals surface area contributed by atoms with Crippen molar-refractivity contribution in [2.24, 2.45) is 0 Å². The number of carbonyl (C=O) groups is 2. The van der Waals surface area contributed by atoms with Gasteiger partial charge < -0.3 is 28.6 Å². The zero-order chi connectivity index (χ0) is 20.1. The molecule has 0 saturated carbocycles. The minimum Gasteiger partial charge on any atom is -0.487 e. The van der Waals surface area contributed by atoms with E-state index in [9.17, 15) is 14.0 Å². The first-order valence-corrected chi connectivity index (χ1v) is 8.84. The zero-order valence-corrected chi connectivity index (χ0v) is 15.7. The van der Waals surface area contributed by atoms with Crippen LogP contribution in [0, 0.1) is 5.82 Å². The fraction of sp³-hybridized carbons (Fsp3) is 0.474. The van der Waals surface area contributed by atoms with Gasteiger partial charge in [0.05, 0.1) is 39.6 Å². The van der Waals surface area contributed by atoms with Crippen LogP contribution >= 0.6 is 0 Å². The molecule has 2 aliphatic heterocycles. The van der Waals surface area contributed by atoms with Gasteiger partial charge in [-0.25, -0.2) is 14.0 Å². The molecule has 1 saturated heterocycles. The number of anilines is 1. The third kappa shape index (κ3) is 4.26. The van der Waals surface area contributed by atoms with Crippen LogP contribution < -0.4 is 9.64 Å². The van der Waals surface area contributed by atoms with Gasteiger partial charge in [-0.3, -0.25) is 0 Å². The maximum atomic E-state index is 14.6. The van der Waals surface area contributed by atoms with E-state index < -0.39 is 17.8 Å². The van der Waals surface area contributed by atoms with Crippen molar-refractivity contribution in [1.29, 1.82) is 0 Å². The highest BCUT2D eigenvalue weighted by Gasteiger charge is 2.32. The molecule has 1 fully saturated rings. The summed E-state index contributed by atoms with van der Waals surface area (Å²) in [4.78, 5) is 25.7. The van der Waals surface area contributed by atoms with E-state index in [0.29, 0.717) is 31.7 Å². The molecule has 0 radical (unpaired) electrons. The molecule has 9 heteroatoms. The van der Waals surface area contributed by atoms with Gasteiger partial charge in [-0.2, -0.15) is 0 Å². The third-order valence-electron chi connectivity index (χ3n) is 4.52. The number of methoxy groups -OCH3 is 2. The minimum atomic E-state index is -0.744. The molecule has 0 spiro atoms. The number of halogens is 1. The normalized spacial score (nSPS) is 18.0. The molecule has 28 heavy (non-hydrogen) atoms. The van der Waals surface area contributed by atoms with E-state index in [-0.39, 0.29) is 36.5 Å². The molecule has 2 aliphatic rings. The van der Waals surface area contributed by atoms with Crippen LogP contribution in [0.25, 0.3) is 0 Å². The van der Waals surface area contributed by atoms with Crippen molar-refractivity contribution >= 4 is 17.6 Å². The van der Waals surface area contributed by atoms with Crippen molar-refractivity contribution in [2.45, 2.75) is 18.9 Å². The number of benzene rings is 1. The van der Waals surface area contributed by atoms with Gasteiger partial charge in [-0.1, -0.05) is 0 Å². The van der Waals surface area contributed by atoms with Gasteiger partial charge in [0.15, 0.2) is 11.6 Å². The molecule has 1 aromatic rings. The predicted molar refractivity (Wildman–Crippen MR) is 95.2 cm³/mol. The van der Waals surface area contributed by atoms with Crippen molar-refractivity contribution < 1.29 is 37.7 Å². The fourth-order valence-corrected chi connectivity index (χ4v) is 3.07. The molecule has 1 aromatic carbocycles. The van der Waals surface area contributed by atoms with E-state index in [0.717, 1.165) is 0 Å². The summed E-state index contributed by atoms with van der Waals surface area (Å²) in [6.45, 7) is 1.00. The second-order valence-electron chi connectivity index (χ2n) is 6.26. The zero-order valence-electron chi connectivity index (χ0n) is 15.7. The minimum absolute atomic E-state index is 0.00328. The Morgan fingerprint density at radius 3 is 2.46 bits per heavy atom. The Morgan fingerprint density at radius 1 is 1.11 bits per heavy atom. The Balaban J connectivity index is 1.89. The van der Waals surface area contributed by atoms with Gasteiger partial charge in [0, 0.05) is 24.6 Å². The Bertz CT molecular complexity index is 774. The molecule has 0 aliphatic carbocycles. The van der Waals surface area contributed by atoms with Crippen LogP contribution in [0.2, 0.25) is 0 Å². The lowest BCUT2D eigenvalue weighted by molar-refractivity contribution is -0.140. The van der Waals surface area contributed by atoms with Gasteiger partial charge in [-0.05, 0) is 12.1 Å². The third-order valence-corrected chi connectivity index (χ3v) is 4.52. The van der Waals surface area contributed by atoms with Gasteiger partial charge >= 0.3 is 11.9 Å². The van der Waals surface area contributed by atoms with E-state index >= 15 is 0 Å². The lowest BCUT2D eigenvalue weighted by atomic mass is 10.1. The van der Waals surface area contributed by atoms with E-state index in [4.69, 9.17) is 23.7 Å². The average molecular weight is 395 g/mol. The lowest BCUT2D eigenvalue weighted by Crippen LogP contribution is -2.38. The summed E-state index contributed by atoms with van der Waals surface area (Å²) in [5, 5.41) is 0. The van der Waals surface area contributed by atoms with Gasteiger partial charge in [0.1, 0.15) is 18.5 Å². The number of ether oxygens (including phenoxy) is 5. The topological polar surface area (TPSA) is 83.5 Å². The van der Waals surface area contributed by atoms with Crippen molar-refractivity contribution in [2.75, 3.05) is 45.7 Å². The number of hydrogen-bond acceptors (Lipinski definition) is 8. The van der Waals surface area contributed by atoms with Crippen LogP contribution in [0.1, 0.15) is 12.8 Å². The molecule has 0 amide bonds. The van der Waals surface area contributed by atoms with Crippen molar-refractivity contribution in [3.63, 3.8) is 0 Å². The highest BCUT2D eigenvalue weighted by molar-refractivity contribution is 6.03. The quantitative estimate of drug-likeness (QED) is 0.698. The number of rotatable bonds is 5. The fourth-order valence-electron chi connectivity index (χ4n) is 3.07. The second kappa shape index (κ2) is 9.03. The van der Waals surface area contributed by atoms with Crippen molar-refractivity contribution in [3.05, 3.63) is 35.3 Å². The molecule has 0 atom stereocenters. The number of carbonyl (C=O) groups excluding carboxylic acids is 2. The van der Waals surface area contributed by atoms with E-state index in [1.54, 1.807) is 6.07 Å². The highest BCUT2D eigenvalue weighted by atomic mass is 19.1. The van der Waals surface area contributed by atoms with Gasteiger partial charge in [-0.15, -0.1) is 0 Å². The van der Waals surface area contributed by atoms with Crippen LogP contribution in [-0.2, 0) is 28.5 Å². The molecule has 152 valence electrons. The summed E-state index contributed by atoms with van der Waals surface area (Å²) < 4.78 is 40.5. The smallest absolute Gasteiger partial charge is 0.355 e. The van der Waals surface area contributed by atoms with Crippen LogP contribution in [0.15, 0.2) is 29.5 Å². The van der Waals surface area contributed by atoms with Crippen LogP contribution in [0.5, 0.6) is 5.75 Å². The van der Waals surface area contributed by atoms with Gasteiger partial charge in [0.25, 0.3) is 0 Å². The lowest BCUT2D eigenvalue weighted by Gasteiger charge is -2.31. The highest BCUT2D eigenvalue weighted by Crippen LogP contribution is 2.31. The van der Waals surface area contributed by atoms with Crippen LogP contribution in [-0.4, -0.2) is 58.8 Å². The van der Waals surface area contributed by atoms with E-state index in [1.165, 1.54) is 31.3 Å². The number of nitrogens with zero attached hydrogens (tertiary/aromatic N) is 1. The average Bonchev–Trinajstić information content (AvgIpc) is 2.74. The van der Waals surface area contributed by atoms with Crippen LogP contribution in [0.3, 0.4) is 0 Å². The van der Waals surface area contributed by atoms with E-state index in [1.807, 2.05) is 0 Å². The van der Waals surface area contributed by atoms with Crippen LogP contribution in [0.4, 0.5) is 10.1 Å².